The first kappa shape index (κ1) is 55.8. The van der Waals surface area contributed by atoms with Crippen molar-refractivity contribution in [2.24, 2.45) is 18.7 Å². The molecule has 5 aliphatic rings. The van der Waals surface area contributed by atoms with Gasteiger partial charge >= 0.3 is 29.6 Å². The molecule has 9 nitrogen and oxygen atoms in total. The van der Waals surface area contributed by atoms with Crippen LogP contribution in [0.25, 0.3) is 27.7 Å². The van der Waals surface area contributed by atoms with Crippen molar-refractivity contribution in [3.63, 3.8) is 0 Å². The van der Waals surface area contributed by atoms with Crippen LogP contribution < -0.4 is 50.4 Å². The van der Waals surface area contributed by atoms with E-state index in [9.17, 15) is 4.79 Å². The SMILES string of the molecule is C=C(N)c1ccc(CC)c(F)c1-c1c(Cl)c(F)cc2c1C(C)C(C)(c1ccccc1)C2.C=C1CCN(c2nn(C)c3c(N4CCN(C5CCN(C)C5)CC4)cccc23)C(=C)N1.O=CC1CC[CH-]CC1.[CH3-].[Na+]. The van der Waals surface area contributed by atoms with Gasteiger partial charge in [0.25, 0.3) is 0 Å². The van der Waals surface area contributed by atoms with E-state index in [1.54, 1.807) is 12.1 Å². The Morgan fingerprint density at radius 2 is 1.68 bits per heavy atom. The van der Waals surface area contributed by atoms with Gasteiger partial charge in [-0.05, 0) is 79.2 Å². The van der Waals surface area contributed by atoms with Gasteiger partial charge < -0.3 is 44.4 Å². The van der Waals surface area contributed by atoms with Crippen molar-refractivity contribution in [1.82, 2.24) is 24.9 Å². The summed E-state index contributed by atoms with van der Waals surface area (Å²) in [7, 11) is 4.29. The van der Waals surface area contributed by atoms with E-state index in [4.69, 9.17) is 22.4 Å². The average molecular weight is 995 g/mol. The van der Waals surface area contributed by atoms with E-state index in [-0.39, 0.29) is 64.6 Å². The quantitative estimate of drug-likeness (QED) is 0.0910. The molecule has 1 aromatic heterocycles. The van der Waals surface area contributed by atoms with Crippen LogP contribution in [0, 0.1) is 31.4 Å². The molecule has 4 aromatic carbocycles. The zero-order valence-electron chi connectivity index (χ0n) is 43.3. The summed E-state index contributed by atoms with van der Waals surface area (Å²) in [4.78, 5) is 20.0. The first-order chi connectivity index (χ1) is 33.1. The van der Waals surface area contributed by atoms with Crippen LogP contribution in [-0.2, 0) is 30.1 Å². The number of para-hydroxylation sites is 1. The number of piperazine rings is 1. The molecule has 13 heteroatoms. The number of nitrogens with one attached hydrogen (secondary N) is 1. The summed E-state index contributed by atoms with van der Waals surface area (Å²) in [6, 6.07) is 22.5. The van der Waals surface area contributed by atoms with Crippen LogP contribution in [0.15, 0.2) is 98.0 Å². The number of carbonyl (C=O) groups is 1. The Balaban J connectivity index is 0.000000196. The molecule has 3 aliphatic heterocycles. The largest absolute Gasteiger partial charge is 1.00 e. The average Bonchev–Trinajstić information content (AvgIpc) is 4.02. The normalized spacial score (nSPS) is 21.5. The Bertz CT molecular complexity index is 2710. The molecular formula is C58H73ClF2N8NaO-. The van der Waals surface area contributed by atoms with Gasteiger partial charge in [-0.3, -0.25) is 9.58 Å². The number of nitrogens with zero attached hydrogens (tertiary/aromatic N) is 6. The molecule has 4 fully saturated rings. The van der Waals surface area contributed by atoms with Gasteiger partial charge in [-0.15, -0.1) is 0 Å². The van der Waals surface area contributed by atoms with E-state index in [2.05, 4.69) is 109 Å². The van der Waals surface area contributed by atoms with Crippen LogP contribution in [-0.4, -0.2) is 84.8 Å². The van der Waals surface area contributed by atoms with Crippen LogP contribution in [0.5, 0.6) is 0 Å². The van der Waals surface area contributed by atoms with Gasteiger partial charge in [0.1, 0.15) is 23.7 Å². The Labute approximate surface area is 449 Å². The molecule has 0 bridgehead atoms. The predicted molar refractivity (Wildman–Crippen MR) is 288 cm³/mol. The second-order valence-corrected chi connectivity index (χ2v) is 20.3. The zero-order chi connectivity index (χ0) is 49.1. The third kappa shape index (κ3) is 11.5. The molecule has 2 aliphatic carbocycles. The third-order valence-electron chi connectivity index (χ3n) is 15.5. The smallest absolute Gasteiger partial charge is 0.399 e. The molecule has 0 amide bonds. The third-order valence-corrected chi connectivity index (χ3v) is 15.9. The van der Waals surface area contributed by atoms with Gasteiger partial charge in [0.05, 0.1) is 16.2 Å². The van der Waals surface area contributed by atoms with Crippen LogP contribution >= 0.6 is 11.6 Å². The van der Waals surface area contributed by atoms with Crippen LogP contribution in [0.1, 0.15) is 93.0 Å². The molecule has 3 N–H and O–H groups in total. The van der Waals surface area contributed by atoms with Crippen molar-refractivity contribution in [2.75, 3.05) is 62.7 Å². The number of aryl methyl sites for hydroxylation is 2. The molecule has 3 unspecified atom stereocenters. The number of rotatable bonds is 8. The van der Waals surface area contributed by atoms with Crippen molar-refractivity contribution in [3.05, 3.63) is 156 Å². The minimum atomic E-state index is -0.546. The molecule has 374 valence electrons. The number of benzene rings is 4. The second-order valence-electron chi connectivity index (χ2n) is 19.9. The maximum Gasteiger partial charge on any atom is 1.00 e. The van der Waals surface area contributed by atoms with E-state index < -0.39 is 11.6 Å². The molecule has 3 saturated heterocycles. The monoisotopic (exact) mass is 994 g/mol. The fourth-order valence-electron chi connectivity index (χ4n) is 11.3. The predicted octanol–water partition coefficient (Wildman–Crippen LogP) is 8.61. The van der Waals surface area contributed by atoms with Crippen molar-refractivity contribution >= 4 is 46.0 Å². The number of likely N-dealkylation sites (N-methyl/N-ethyl adjacent to an activating group) is 1. The number of anilines is 2. The first-order valence-electron chi connectivity index (χ1n) is 24.8. The zero-order valence-corrected chi connectivity index (χ0v) is 46.0. The summed E-state index contributed by atoms with van der Waals surface area (Å²) in [5, 5.41) is 9.30. The number of hydrogen-bond donors (Lipinski definition) is 2. The number of aldehydes is 1. The Morgan fingerprint density at radius 3 is 2.28 bits per heavy atom. The van der Waals surface area contributed by atoms with Gasteiger partial charge in [-0.25, -0.2) is 8.78 Å². The number of aromatic nitrogens is 2. The Kier molecular flexibility index (Phi) is 18.9. The summed E-state index contributed by atoms with van der Waals surface area (Å²) in [5.74, 6) is 1.23. The Hall–Kier alpha value is -4.49. The maximum absolute atomic E-state index is 15.7. The summed E-state index contributed by atoms with van der Waals surface area (Å²) in [5.41, 5.74) is 14.0. The number of hydrogen-bond acceptors (Lipinski definition) is 8. The van der Waals surface area contributed by atoms with Crippen LogP contribution in [0.4, 0.5) is 20.3 Å². The fraction of sp³-hybridized carbons (Fsp3) is 0.414. The van der Waals surface area contributed by atoms with Gasteiger partial charge in [0.15, 0.2) is 5.82 Å². The van der Waals surface area contributed by atoms with E-state index in [0.717, 1.165) is 111 Å². The molecule has 3 atom stereocenters. The molecule has 10 rings (SSSR count). The summed E-state index contributed by atoms with van der Waals surface area (Å²) in [6.07, 6.45) is 11.2. The number of nitrogens with two attached hydrogens (primary N) is 1. The van der Waals surface area contributed by atoms with E-state index in [0.29, 0.717) is 35.4 Å². The minimum Gasteiger partial charge on any atom is -0.399 e. The summed E-state index contributed by atoms with van der Waals surface area (Å²) >= 11 is 6.55. The summed E-state index contributed by atoms with van der Waals surface area (Å²) in [6.45, 7) is 25.9. The van der Waals surface area contributed by atoms with E-state index in [1.807, 2.05) is 29.8 Å². The number of likely N-dealkylation sites (tertiary alicyclic amines) is 1. The fourth-order valence-corrected chi connectivity index (χ4v) is 11.6. The molecule has 0 spiro atoms. The summed E-state index contributed by atoms with van der Waals surface area (Å²) < 4.78 is 32.8. The standard InChI is InChI=1S/C27H26ClF2N.C23H33N7.C7H11O.CH3.Na/c1-5-17-11-12-20(16(3)31)23(26(17)30)24-22-15(2)27(4,19-9-7-6-8-10-19)14-18(22)13-21(29)25(24)28;1-17-8-11-30(18(2)24-17)23-20-6-5-7-21(22(20)27(4)25-23)29-14-12-28(13-15-29)19-9-10-26(3)16-19;8-6-7-4-2-1-3-5-7;;/h6-13,15H,3,5,14,31H2,1-2,4H3;5-7,19,24H,1-2,8-16H2,3-4H3;1,6-7H,2-5H2;1H3;/q;;2*-1;+1. The van der Waals surface area contributed by atoms with Gasteiger partial charge in [0.2, 0.25) is 0 Å². The molecule has 1 saturated carbocycles. The topological polar surface area (TPSA) is 85.9 Å². The van der Waals surface area contributed by atoms with Crippen LogP contribution in [0.3, 0.4) is 0 Å². The molecular weight excluding hydrogens is 921 g/mol. The maximum atomic E-state index is 15.7. The van der Waals surface area contributed by atoms with Crippen molar-refractivity contribution in [3.8, 4) is 11.1 Å². The number of halogens is 3. The molecule has 5 aromatic rings. The minimum absolute atomic E-state index is 0. The van der Waals surface area contributed by atoms with Gasteiger partial charge in [-0.2, -0.15) is 17.9 Å². The second kappa shape index (κ2) is 24.0. The van der Waals surface area contributed by atoms with Crippen molar-refractivity contribution < 1.29 is 43.1 Å². The molecule has 4 heterocycles. The van der Waals surface area contributed by atoms with Gasteiger partial charge in [0, 0.05) is 104 Å². The van der Waals surface area contributed by atoms with Crippen molar-refractivity contribution in [1.29, 1.82) is 0 Å². The van der Waals surface area contributed by atoms with E-state index >= 15 is 8.78 Å². The van der Waals surface area contributed by atoms with E-state index in [1.165, 1.54) is 42.2 Å². The molecule has 71 heavy (non-hydrogen) atoms. The van der Waals surface area contributed by atoms with Crippen molar-refractivity contribution in [2.45, 2.75) is 89.5 Å². The van der Waals surface area contributed by atoms with Gasteiger partial charge in [-0.1, -0.05) is 113 Å². The number of carbonyl (C=O) groups excluding carboxylic acids is 1. The number of fused-ring (bicyclic) bond motifs is 2. The van der Waals surface area contributed by atoms with Crippen LogP contribution in [0.2, 0.25) is 5.02 Å². The Morgan fingerprint density at radius 1 is 0.972 bits per heavy atom. The molecule has 0 radical (unpaired) electrons. The first-order valence-corrected chi connectivity index (χ1v) is 25.2.